The zero-order valence-electron chi connectivity index (χ0n) is 10.6. The standard InChI is InChI=1S/C12H17BrN2O3/c1-7(2)15-6-9(13)5-10(15)12(18)14-8(3)4-11(16)17/h5-8H,4H2,1-3H3,(H,14,18)(H,16,17). The van der Waals surface area contributed by atoms with Crippen LogP contribution in [0.1, 0.15) is 43.7 Å². The van der Waals surface area contributed by atoms with Crippen LogP contribution in [0.25, 0.3) is 0 Å². The van der Waals surface area contributed by atoms with Gasteiger partial charge in [0.25, 0.3) is 5.91 Å². The third kappa shape index (κ3) is 3.87. The van der Waals surface area contributed by atoms with Crippen LogP contribution in [0.4, 0.5) is 0 Å². The first kappa shape index (κ1) is 14.8. The quantitative estimate of drug-likeness (QED) is 0.876. The molecule has 0 aliphatic carbocycles. The van der Waals surface area contributed by atoms with Crippen molar-refractivity contribution in [3.05, 3.63) is 22.4 Å². The number of carbonyl (C=O) groups is 2. The van der Waals surface area contributed by atoms with E-state index in [4.69, 9.17) is 5.11 Å². The molecule has 2 N–H and O–H groups in total. The molecule has 0 aliphatic rings. The van der Waals surface area contributed by atoms with Crippen LogP contribution in [-0.2, 0) is 4.79 Å². The lowest BCUT2D eigenvalue weighted by molar-refractivity contribution is -0.137. The SMILES string of the molecule is CC(CC(=O)O)NC(=O)c1cc(Br)cn1C(C)C. The van der Waals surface area contributed by atoms with Gasteiger partial charge in [0.2, 0.25) is 0 Å². The van der Waals surface area contributed by atoms with Crippen molar-refractivity contribution in [1.82, 2.24) is 9.88 Å². The number of carbonyl (C=O) groups excluding carboxylic acids is 1. The Bertz CT molecular complexity index is 454. The van der Waals surface area contributed by atoms with E-state index in [0.717, 1.165) is 4.47 Å². The molecule has 0 saturated carbocycles. The Morgan fingerprint density at radius 1 is 1.44 bits per heavy atom. The molecule has 5 nitrogen and oxygen atoms in total. The molecule has 0 aliphatic heterocycles. The Balaban J connectivity index is 2.81. The fraction of sp³-hybridized carbons (Fsp3) is 0.500. The molecule has 1 heterocycles. The maximum Gasteiger partial charge on any atom is 0.305 e. The van der Waals surface area contributed by atoms with Crippen molar-refractivity contribution in [2.45, 2.75) is 39.3 Å². The van der Waals surface area contributed by atoms with E-state index in [9.17, 15) is 9.59 Å². The molecule has 0 spiro atoms. The molecule has 1 aromatic heterocycles. The Hall–Kier alpha value is -1.30. The fourth-order valence-corrected chi connectivity index (χ4v) is 2.10. The van der Waals surface area contributed by atoms with Gasteiger partial charge in [-0.05, 0) is 42.8 Å². The first-order valence-corrected chi connectivity index (χ1v) is 6.50. The molecule has 18 heavy (non-hydrogen) atoms. The summed E-state index contributed by atoms with van der Waals surface area (Å²) in [6.45, 7) is 5.62. The van der Waals surface area contributed by atoms with E-state index in [1.165, 1.54) is 0 Å². The van der Waals surface area contributed by atoms with Gasteiger partial charge < -0.3 is 15.0 Å². The van der Waals surface area contributed by atoms with Crippen molar-refractivity contribution in [2.24, 2.45) is 0 Å². The van der Waals surface area contributed by atoms with E-state index in [0.29, 0.717) is 5.69 Å². The van der Waals surface area contributed by atoms with E-state index < -0.39 is 12.0 Å². The van der Waals surface area contributed by atoms with Gasteiger partial charge in [0.15, 0.2) is 0 Å². The van der Waals surface area contributed by atoms with Gasteiger partial charge in [-0.25, -0.2) is 0 Å². The summed E-state index contributed by atoms with van der Waals surface area (Å²) in [5.74, 6) is -1.19. The molecule has 0 aromatic carbocycles. The van der Waals surface area contributed by atoms with Gasteiger partial charge in [-0.2, -0.15) is 0 Å². The Morgan fingerprint density at radius 3 is 2.56 bits per heavy atom. The summed E-state index contributed by atoms with van der Waals surface area (Å²) in [6, 6.07) is 1.49. The molecule has 1 rings (SSSR count). The first-order valence-electron chi connectivity index (χ1n) is 5.71. The number of hydrogen-bond donors (Lipinski definition) is 2. The number of nitrogens with one attached hydrogen (secondary N) is 1. The molecule has 1 aromatic rings. The molecule has 1 atom stereocenters. The number of aromatic nitrogens is 1. The smallest absolute Gasteiger partial charge is 0.305 e. The number of carboxylic acid groups (broad SMARTS) is 1. The van der Waals surface area contributed by atoms with Gasteiger partial charge in [-0.3, -0.25) is 9.59 Å². The lowest BCUT2D eigenvalue weighted by Gasteiger charge is -2.15. The van der Waals surface area contributed by atoms with Crippen molar-refractivity contribution in [1.29, 1.82) is 0 Å². The van der Waals surface area contributed by atoms with Crippen LogP contribution in [-0.4, -0.2) is 27.6 Å². The normalized spacial score (nSPS) is 12.5. The van der Waals surface area contributed by atoms with Gasteiger partial charge in [-0.15, -0.1) is 0 Å². The average molecular weight is 317 g/mol. The minimum atomic E-state index is -0.928. The predicted molar refractivity (Wildman–Crippen MR) is 71.7 cm³/mol. The van der Waals surface area contributed by atoms with Crippen molar-refractivity contribution >= 4 is 27.8 Å². The van der Waals surface area contributed by atoms with Crippen LogP contribution in [0, 0.1) is 0 Å². The van der Waals surface area contributed by atoms with E-state index in [2.05, 4.69) is 21.2 Å². The van der Waals surface area contributed by atoms with Crippen molar-refractivity contribution in [3.8, 4) is 0 Å². The number of aliphatic carboxylic acids is 1. The Morgan fingerprint density at radius 2 is 2.06 bits per heavy atom. The number of hydrogen-bond acceptors (Lipinski definition) is 2. The highest BCUT2D eigenvalue weighted by atomic mass is 79.9. The molecular formula is C12H17BrN2O3. The topological polar surface area (TPSA) is 71.3 Å². The Labute approximate surface area is 114 Å². The van der Waals surface area contributed by atoms with Crippen molar-refractivity contribution in [3.63, 3.8) is 0 Å². The molecule has 1 amide bonds. The Kier molecular flexibility index (Phi) is 4.95. The zero-order chi connectivity index (χ0) is 13.9. The van der Waals surface area contributed by atoms with Gasteiger partial charge in [0.05, 0.1) is 6.42 Å². The number of amides is 1. The van der Waals surface area contributed by atoms with Crippen molar-refractivity contribution in [2.75, 3.05) is 0 Å². The highest BCUT2D eigenvalue weighted by molar-refractivity contribution is 9.10. The second kappa shape index (κ2) is 6.04. The molecule has 0 bridgehead atoms. The summed E-state index contributed by atoms with van der Waals surface area (Å²) >= 11 is 3.33. The molecule has 0 radical (unpaired) electrons. The minimum absolute atomic E-state index is 0.0880. The summed E-state index contributed by atoms with van der Waals surface area (Å²) in [6.07, 6.45) is 1.75. The fourth-order valence-electron chi connectivity index (χ4n) is 1.67. The summed E-state index contributed by atoms with van der Waals surface area (Å²) in [4.78, 5) is 22.6. The second-order valence-electron chi connectivity index (χ2n) is 4.52. The number of nitrogens with zero attached hydrogens (tertiary/aromatic N) is 1. The third-order valence-electron chi connectivity index (χ3n) is 2.46. The van der Waals surface area contributed by atoms with Gasteiger partial charge in [-0.1, -0.05) is 0 Å². The number of carboxylic acids is 1. The van der Waals surface area contributed by atoms with Crippen molar-refractivity contribution < 1.29 is 14.7 Å². The zero-order valence-corrected chi connectivity index (χ0v) is 12.2. The van der Waals surface area contributed by atoms with Crippen LogP contribution in [0.2, 0.25) is 0 Å². The van der Waals surface area contributed by atoms with E-state index >= 15 is 0 Å². The lowest BCUT2D eigenvalue weighted by atomic mass is 10.2. The van der Waals surface area contributed by atoms with E-state index in [1.54, 1.807) is 13.0 Å². The maximum absolute atomic E-state index is 12.0. The van der Waals surface area contributed by atoms with Gasteiger partial charge in [0, 0.05) is 22.8 Å². The minimum Gasteiger partial charge on any atom is -0.481 e. The maximum atomic E-state index is 12.0. The lowest BCUT2D eigenvalue weighted by Crippen LogP contribution is -2.35. The van der Waals surface area contributed by atoms with Crippen LogP contribution in [0.3, 0.4) is 0 Å². The molecule has 6 heteroatoms. The molecule has 0 fully saturated rings. The highest BCUT2D eigenvalue weighted by Gasteiger charge is 2.17. The monoisotopic (exact) mass is 316 g/mol. The molecule has 0 saturated heterocycles. The highest BCUT2D eigenvalue weighted by Crippen LogP contribution is 2.19. The first-order chi connectivity index (χ1) is 8.31. The van der Waals surface area contributed by atoms with Crippen LogP contribution in [0.5, 0.6) is 0 Å². The van der Waals surface area contributed by atoms with Crippen LogP contribution >= 0.6 is 15.9 Å². The molecular weight excluding hydrogens is 300 g/mol. The van der Waals surface area contributed by atoms with E-state index in [1.807, 2.05) is 24.6 Å². The average Bonchev–Trinajstić information content (AvgIpc) is 2.58. The van der Waals surface area contributed by atoms with Crippen LogP contribution < -0.4 is 5.32 Å². The summed E-state index contributed by atoms with van der Waals surface area (Å²) in [5, 5.41) is 11.3. The van der Waals surface area contributed by atoms with Gasteiger partial charge >= 0.3 is 5.97 Å². The molecule has 100 valence electrons. The number of rotatable bonds is 5. The largest absolute Gasteiger partial charge is 0.481 e. The summed E-state index contributed by atoms with van der Waals surface area (Å²) in [5.41, 5.74) is 0.522. The summed E-state index contributed by atoms with van der Waals surface area (Å²) < 4.78 is 2.67. The van der Waals surface area contributed by atoms with Crippen LogP contribution in [0.15, 0.2) is 16.7 Å². The second-order valence-corrected chi connectivity index (χ2v) is 5.43. The number of halogens is 1. The third-order valence-corrected chi connectivity index (χ3v) is 2.90. The van der Waals surface area contributed by atoms with E-state index in [-0.39, 0.29) is 18.4 Å². The summed E-state index contributed by atoms with van der Waals surface area (Å²) in [7, 11) is 0. The molecule has 1 unspecified atom stereocenters. The van der Waals surface area contributed by atoms with Gasteiger partial charge in [0.1, 0.15) is 5.69 Å². The predicted octanol–water partition coefficient (Wildman–Crippen LogP) is 2.42.